The standard InChI is InChI=1S/C24H26N2/c1-3-16(4-1)13-17-7-10-22-19(14-17)9-8-18-5-2-6-20-21-15-25-12-11-23(21)26(22)24(18)20/h5,8-9,11-12,15-17H,1-4,6-7,10,13-14H2. The van der Waals surface area contributed by atoms with Crippen LogP contribution in [-0.4, -0.2) is 9.55 Å². The zero-order valence-corrected chi connectivity index (χ0v) is 15.4. The van der Waals surface area contributed by atoms with E-state index in [9.17, 15) is 0 Å². The first-order valence-electron chi connectivity index (χ1n) is 10.5. The molecule has 0 bridgehead atoms. The third kappa shape index (κ3) is 2.14. The molecule has 4 aliphatic rings. The molecule has 0 saturated heterocycles. The number of hydrogen-bond acceptors (Lipinski definition) is 1. The first kappa shape index (κ1) is 15.0. The van der Waals surface area contributed by atoms with Gasteiger partial charge in [-0.3, -0.25) is 4.98 Å². The molecule has 1 saturated carbocycles. The van der Waals surface area contributed by atoms with E-state index in [1.165, 1.54) is 72.7 Å². The van der Waals surface area contributed by atoms with E-state index in [1.54, 1.807) is 11.3 Å². The van der Waals surface area contributed by atoms with Crippen molar-refractivity contribution in [3.8, 4) is 0 Å². The zero-order valence-electron chi connectivity index (χ0n) is 15.4. The van der Waals surface area contributed by atoms with E-state index in [0.29, 0.717) is 0 Å². The maximum absolute atomic E-state index is 4.44. The molecule has 3 heterocycles. The van der Waals surface area contributed by atoms with E-state index < -0.39 is 0 Å². The minimum atomic E-state index is 0.894. The fourth-order valence-electron chi connectivity index (χ4n) is 5.69. The highest BCUT2D eigenvalue weighted by Gasteiger charge is 2.31. The third-order valence-corrected chi connectivity index (χ3v) is 7.20. The maximum atomic E-state index is 4.44. The molecule has 0 spiro atoms. The highest BCUT2D eigenvalue weighted by molar-refractivity contribution is 5.96. The van der Waals surface area contributed by atoms with Crippen LogP contribution in [-0.2, 0) is 6.42 Å². The number of hydrogen-bond donors (Lipinski definition) is 0. The summed E-state index contributed by atoms with van der Waals surface area (Å²) in [5.41, 5.74) is 8.92. The van der Waals surface area contributed by atoms with Gasteiger partial charge in [0.25, 0.3) is 0 Å². The van der Waals surface area contributed by atoms with Gasteiger partial charge in [-0.15, -0.1) is 0 Å². The molecule has 1 atom stereocenters. The van der Waals surface area contributed by atoms with Gasteiger partial charge in [0.15, 0.2) is 0 Å². The minimum absolute atomic E-state index is 0.894. The van der Waals surface area contributed by atoms with Crippen molar-refractivity contribution >= 4 is 22.2 Å². The fraction of sp³-hybridized carbons (Fsp3) is 0.458. The predicted molar refractivity (Wildman–Crippen MR) is 108 cm³/mol. The van der Waals surface area contributed by atoms with Gasteiger partial charge in [-0.1, -0.05) is 37.5 Å². The van der Waals surface area contributed by atoms with E-state index in [-0.39, 0.29) is 0 Å². The van der Waals surface area contributed by atoms with Gasteiger partial charge >= 0.3 is 0 Å². The largest absolute Gasteiger partial charge is 0.312 e. The van der Waals surface area contributed by atoms with Gasteiger partial charge in [0.1, 0.15) is 0 Å². The van der Waals surface area contributed by atoms with Gasteiger partial charge in [-0.05, 0) is 73.1 Å². The van der Waals surface area contributed by atoms with Crippen LogP contribution in [0.3, 0.4) is 0 Å². The summed E-state index contributed by atoms with van der Waals surface area (Å²) in [5.74, 6) is 1.92. The molecule has 1 unspecified atom stereocenters. The first-order chi connectivity index (χ1) is 12.9. The van der Waals surface area contributed by atoms with Crippen molar-refractivity contribution in [1.29, 1.82) is 0 Å². The van der Waals surface area contributed by atoms with Gasteiger partial charge in [0.2, 0.25) is 0 Å². The lowest BCUT2D eigenvalue weighted by atomic mass is 9.74. The van der Waals surface area contributed by atoms with E-state index in [2.05, 4.69) is 40.0 Å². The quantitative estimate of drug-likeness (QED) is 0.641. The molecule has 2 heteroatoms. The Morgan fingerprint density at radius 1 is 1.08 bits per heavy atom. The van der Waals surface area contributed by atoms with Crippen LogP contribution in [0, 0.1) is 11.8 Å². The first-order valence-corrected chi connectivity index (χ1v) is 10.5. The zero-order chi connectivity index (χ0) is 17.1. The van der Waals surface area contributed by atoms with Crippen molar-refractivity contribution < 1.29 is 0 Å². The molecule has 0 radical (unpaired) electrons. The minimum Gasteiger partial charge on any atom is -0.312 e. The number of rotatable bonds is 2. The molecule has 0 amide bonds. The van der Waals surface area contributed by atoms with Crippen LogP contribution in [0.2, 0.25) is 0 Å². The van der Waals surface area contributed by atoms with Crippen LogP contribution in [0.4, 0.5) is 0 Å². The van der Waals surface area contributed by atoms with Crippen LogP contribution in [0.5, 0.6) is 0 Å². The molecular formula is C24H26N2. The van der Waals surface area contributed by atoms with E-state index >= 15 is 0 Å². The summed E-state index contributed by atoms with van der Waals surface area (Å²) in [4.78, 5) is 4.44. The molecule has 2 nitrogen and oxygen atoms in total. The Hall–Kier alpha value is -2.09. The number of allylic oxidation sites excluding steroid dienone is 6. The number of fused-ring (bicyclic) bond motifs is 4. The number of aromatic nitrogens is 2. The second-order valence-corrected chi connectivity index (χ2v) is 8.70. The monoisotopic (exact) mass is 342 g/mol. The van der Waals surface area contributed by atoms with Crippen LogP contribution in [0.15, 0.2) is 42.3 Å². The molecule has 2 aromatic heterocycles. The molecule has 1 fully saturated rings. The lowest BCUT2D eigenvalue weighted by Gasteiger charge is -2.33. The van der Waals surface area contributed by atoms with Crippen molar-refractivity contribution in [2.75, 3.05) is 0 Å². The van der Waals surface area contributed by atoms with Crippen LogP contribution in [0.25, 0.3) is 22.2 Å². The summed E-state index contributed by atoms with van der Waals surface area (Å²) >= 11 is 0. The Morgan fingerprint density at radius 3 is 2.92 bits per heavy atom. The van der Waals surface area contributed by atoms with Crippen LogP contribution >= 0.6 is 0 Å². The number of pyridine rings is 1. The smallest absolute Gasteiger partial charge is 0.0567 e. The van der Waals surface area contributed by atoms with Gasteiger partial charge in [-0.2, -0.15) is 0 Å². The van der Waals surface area contributed by atoms with E-state index in [0.717, 1.165) is 24.7 Å². The maximum Gasteiger partial charge on any atom is 0.0567 e. The SMILES string of the molecule is C1=CC2=C(CCC(CC3CCC3)C2)n2c3c(c4cnccc42)CCC=C13. The molecule has 0 N–H and O–H groups in total. The Kier molecular flexibility index (Phi) is 3.29. The van der Waals surface area contributed by atoms with Crippen molar-refractivity contribution in [2.45, 2.75) is 57.8 Å². The summed E-state index contributed by atoms with van der Waals surface area (Å²) in [6, 6.07) is 2.22. The lowest BCUT2D eigenvalue weighted by molar-refractivity contribution is 0.239. The van der Waals surface area contributed by atoms with Crippen molar-refractivity contribution in [3.63, 3.8) is 0 Å². The second-order valence-electron chi connectivity index (χ2n) is 8.70. The van der Waals surface area contributed by atoms with Crippen molar-refractivity contribution in [1.82, 2.24) is 9.55 Å². The predicted octanol–water partition coefficient (Wildman–Crippen LogP) is 6.14. The molecule has 26 heavy (non-hydrogen) atoms. The van der Waals surface area contributed by atoms with E-state index in [1.807, 2.05) is 6.20 Å². The van der Waals surface area contributed by atoms with Crippen LogP contribution in [0.1, 0.15) is 62.6 Å². The highest BCUT2D eigenvalue weighted by Crippen LogP contribution is 2.46. The van der Waals surface area contributed by atoms with Crippen molar-refractivity contribution in [2.24, 2.45) is 11.8 Å². The van der Waals surface area contributed by atoms with Gasteiger partial charge < -0.3 is 4.57 Å². The molecule has 2 aromatic rings. The summed E-state index contributed by atoms with van der Waals surface area (Å²) in [6.45, 7) is 0. The molecule has 132 valence electrons. The number of nitrogens with zero attached hydrogens (tertiary/aromatic N) is 2. The topological polar surface area (TPSA) is 17.8 Å². The van der Waals surface area contributed by atoms with Gasteiger partial charge in [-0.25, -0.2) is 0 Å². The Morgan fingerprint density at radius 2 is 2.04 bits per heavy atom. The summed E-state index contributed by atoms with van der Waals surface area (Å²) < 4.78 is 2.60. The Bertz CT molecular complexity index is 981. The Labute approximate surface area is 155 Å². The van der Waals surface area contributed by atoms with Crippen molar-refractivity contribution in [3.05, 3.63) is 53.5 Å². The molecule has 1 aliphatic heterocycles. The molecular weight excluding hydrogens is 316 g/mol. The average Bonchev–Trinajstić information content (AvgIpc) is 2.88. The van der Waals surface area contributed by atoms with Gasteiger partial charge in [0.05, 0.1) is 11.2 Å². The van der Waals surface area contributed by atoms with E-state index in [4.69, 9.17) is 0 Å². The second kappa shape index (κ2) is 5.70. The fourth-order valence-corrected chi connectivity index (χ4v) is 5.69. The lowest BCUT2D eigenvalue weighted by Crippen LogP contribution is -2.19. The third-order valence-electron chi connectivity index (χ3n) is 7.20. The average molecular weight is 342 g/mol. The summed E-state index contributed by atoms with van der Waals surface area (Å²) in [6.07, 6.45) is 23.4. The Balaban J connectivity index is 1.50. The highest BCUT2D eigenvalue weighted by atomic mass is 15.0. The van der Waals surface area contributed by atoms with Crippen LogP contribution < -0.4 is 0 Å². The summed E-state index contributed by atoms with van der Waals surface area (Å²) in [5, 5.41) is 1.37. The normalized spacial score (nSPS) is 24.8. The molecule has 0 aromatic carbocycles. The molecule has 6 rings (SSSR count). The van der Waals surface area contributed by atoms with Gasteiger partial charge in [0, 0.05) is 23.5 Å². The number of aryl methyl sites for hydroxylation is 1. The molecule has 3 aliphatic carbocycles. The summed E-state index contributed by atoms with van der Waals surface area (Å²) in [7, 11) is 0.